The molecule has 13 heteroatoms. The molecular formula is C29H28FN9O3. The Morgan fingerprint density at radius 3 is 2.62 bits per heavy atom. The molecule has 0 unspecified atom stereocenters. The van der Waals surface area contributed by atoms with Crippen molar-refractivity contribution >= 4 is 45.4 Å². The van der Waals surface area contributed by atoms with Crippen molar-refractivity contribution in [3.05, 3.63) is 67.2 Å². The van der Waals surface area contributed by atoms with Crippen LogP contribution in [0, 0.1) is 12.7 Å². The lowest BCUT2D eigenvalue weighted by Crippen LogP contribution is -2.48. The molecule has 6 rings (SSSR count). The average Bonchev–Trinajstić information content (AvgIpc) is 3.38. The Morgan fingerprint density at radius 1 is 1.05 bits per heavy atom. The van der Waals surface area contributed by atoms with E-state index in [0.717, 1.165) is 5.56 Å². The molecule has 1 aliphatic rings. The van der Waals surface area contributed by atoms with Crippen LogP contribution in [0.15, 0.2) is 55.8 Å². The van der Waals surface area contributed by atoms with E-state index < -0.39 is 5.82 Å². The van der Waals surface area contributed by atoms with E-state index in [1.807, 2.05) is 17.9 Å². The van der Waals surface area contributed by atoms with E-state index in [9.17, 15) is 9.18 Å². The van der Waals surface area contributed by atoms with Gasteiger partial charge in [0, 0.05) is 51.4 Å². The van der Waals surface area contributed by atoms with Gasteiger partial charge in [-0.1, -0.05) is 6.58 Å². The molecule has 0 spiro atoms. The first-order chi connectivity index (χ1) is 20.3. The van der Waals surface area contributed by atoms with Crippen LogP contribution >= 0.6 is 0 Å². The zero-order chi connectivity index (χ0) is 29.4. The van der Waals surface area contributed by atoms with Gasteiger partial charge in [0.25, 0.3) is 0 Å². The summed E-state index contributed by atoms with van der Waals surface area (Å²) in [6, 6.07) is 6.61. The molecule has 1 saturated heterocycles. The normalized spacial score (nSPS) is 13.4. The number of nitrogens with zero attached hydrogens (tertiary/aromatic N) is 8. The summed E-state index contributed by atoms with van der Waals surface area (Å²) in [5.41, 5.74) is 3.42. The van der Waals surface area contributed by atoms with Gasteiger partial charge in [-0.3, -0.25) is 4.79 Å². The minimum Gasteiger partial charge on any atom is -0.494 e. The summed E-state index contributed by atoms with van der Waals surface area (Å²) in [4.78, 5) is 38.0. The zero-order valence-electron chi connectivity index (χ0n) is 23.3. The van der Waals surface area contributed by atoms with Crippen LogP contribution in [0.1, 0.15) is 5.56 Å². The molecule has 214 valence electrons. The number of imidazole rings is 1. The number of ether oxygens (including phenoxy) is 2. The molecule has 1 amide bonds. The molecule has 3 aromatic heterocycles. The Labute approximate surface area is 240 Å². The summed E-state index contributed by atoms with van der Waals surface area (Å²) in [5.74, 6) is 1.79. The summed E-state index contributed by atoms with van der Waals surface area (Å²) in [7, 11) is 3.29. The van der Waals surface area contributed by atoms with E-state index in [-0.39, 0.29) is 5.91 Å². The van der Waals surface area contributed by atoms with Gasteiger partial charge in [0.2, 0.25) is 11.9 Å². The molecule has 2 aromatic carbocycles. The average molecular weight is 570 g/mol. The molecule has 0 aliphatic carbocycles. The number of carbonyl (C=O) groups excluding carboxylic acids is 1. The molecule has 0 atom stereocenters. The van der Waals surface area contributed by atoms with Gasteiger partial charge in [0.05, 0.1) is 30.8 Å². The third-order valence-corrected chi connectivity index (χ3v) is 7.13. The van der Waals surface area contributed by atoms with Crippen molar-refractivity contribution in [2.24, 2.45) is 7.05 Å². The smallest absolute Gasteiger partial charge is 0.246 e. The third-order valence-electron chi connectivity index (χ3n) is 7.13. The van der Waals surface area contributed by atoms with Crippen LogP contribution in [-0.2, 0) is 11.8 Å². The monoisotopic (exact) mass is 569 g/mol. The van der Waals surface area contributed by atoms with Crippen LogP contribution in [0.5, 0.6) is 17.2 Å². The molecular weight excluding hydrogens is 541 g/mol. The van der Waals surface area contributed by atoms with Crippen LogP contribution < -0.4 is 19.7 Å². The van der Waals surface area contributed by atoms with E-state index in [1.54, 1.807) is 48.3 Å². The Balaban J connectivity index is 1.27. The first kappa shape index (κ1) is 26.9. The van der Waals surface area contributed by atoms with Crippen LogP contribution in [0.3, 0.4) is 0 Å². The highest BCUT2D eigenvalue weighted by Crippen LogP contribution is 2.38. The minimum absolute atomic E-state index is 0.0870. The van der Waals surface area contributed by atoms with Crippen molar-refractivity contribution in [1.82, 2.24) is 34.4 Å². The van der Waals surface area contributed by atoms with Crippen molar-refractivity contribution < 1.29 is 18.7 Å². The molecule has 4 heterocycles. The highest BCUT2D eigenvalue weighted by Gasteiger charge is 2.22. The zero-order valence-corrected chi connectivity index (χ0v) is 23.3. The number of benzene rings is 2. The van der Waals surface area contributed by atoms with Gasteiger partial charge in [0.1, 0.15) is 40.1 Å². The molecule has 0 radical (unpaired) electrons. The SMILES string of the molecule is C=CC(=O)N1CCN(c2ncc3ncnc(Nc4cc(C)c(Oc5cc(F)c6c(c5)ncn6C)cc4OC)c3n2)CC1. The van der Waals surface area contributed by atoms with Crippen molar-refractivity contribution in [2.75, 3.05) is 43.5 Å². The molecule has 1 fully saturated rings. The molecule has 12 nitrogen and oxygen atoms in total. The second-order valence-corrected chi connectivity index (χ2v) is 9.82. The molecule has 1 aliphatic heterocycles. The number of piperazine rings is 1. The number of carbonyl (C=O) groups is 1. The quantitative estimate of drug-likeness (QED) is 0.286. The first-order valence-corrected chi connectivity index (χ1v) is 13.2. The predicted octanol–water partition coefficient (Wildman–Crippen LogP) is 4.13. The molecule has 42 heavy (non-hydrogen) atoms. The third kappa shape index (κ3) is 5.00. The van der Waals surface area contributed by atoms with E-state index in [1.165, 1.54) is 18.5 Å². The number of fused-ring (bicyclic) bond motifs is 2. The fourth-order valence-electron chi connectivity index (χ4n) is 4.92. The Bertz CT molecular complexity index is 1830. The number of amides is 1. The number of aromatic nitrogens is 6. The van der Waals surface area contributed by atoms with Gasteiger partial charge >= 0.3 is 0 Å². The number of aryl methyl sites for hydroxylation is 2. The van der Waals surface area contributed by atoms with Crippen molar-refractivity contribution in [2.45, 2.75) is 6.92 Å². The molecule has 1 N–H and O–H groups in total. The lowest BCUT2D eigenvalue weighted by Gasteiger charge is -2.34. The summed E-state index contributed by atoms with van der Waals surface area (Å²) in [5, 5.41) is 3.32. The number of rotatable bonds is 7. The van der Waals surface area contributed by atoms with Gasteiger partial charge in [-0.15, -0.1) is 0 Å². The van der Waals surface area contributed by atoms with Crippen LogP contribution in [0.25, 0.3) is 22.1 Å². The second-order valence-electron chi connectivity index (χ2n) is 9.82. The van der Waals surface area contributed by atoms with E-state index in [4.69, 9.17) is 14.5 Å². The topological polar surface area (TPSA) is 123 Å². The van der Waals surface area contributed by atoms with Crippen LogP contribution in [0.4, 0.5) is 21.8 Å². The first-order valence-electron chi connectivity index (χ1n) is 13.2. The van der Waals surface area contributed by atoms with Crippen molar-refractivity contribution in [3.8, 4) is 17.2 Å². The summed E-state index contributed by atoms with van der Waals surface area (Å²) < 4.78 is 28.1. The standard InChI is InChI=1S/C29H28FN9O3/c1-5-25(40)38-6-8-39(9-7-38)29-31-14-22-26(36-29)28(33-15-32-22)35-20-10-17(2)23(13-24(20)41-4)42-18-11-19(30)27-21(12-18)34-16-37(27)3/h5,10-16H,1,6-9H2,2-4H3,(H,32,33,35). The van der Waals surface area contributed by atoms with Gasteiger partial charge in [-0.05, 0) is 24.6 Å². The summed E-state index contributed by atoms with van der Waals surface area (Å²) in [6.45, 7) is 7.73. The summed E-state index contributed by atoms with van der Waals surface area (Å²) in [6.07, 6.45) is 5.98. The van der Waals surface area contributed by atoms with Crippen LogP contribution in [-0.4, -0.2) is 73.6 Å². The number of nitrogens with one attached hydrogen (secondary N) is 1. The van der Waals surface area contributed by atoms with E-state index >= 15 is 0 Å². The van der Waals surface area contributed by atoms with E-state index in [2.05, 4.69) is 31.8 Å². The second kappa shape index (κ2) is 10.9. The Kier molecular flexibility index (Phi) is 6.98. The largest absolute Gasteiger partial charge is 0.494 e. The summed E-state index contributed by atoms with van der Waals surface area (Å²) >= 11 is 0. The maximum Gasteiger partial charge on any atom is 0.246 e. The van der Waals surface area contributed by atoms with E-state index in [0.29, 0.717) is 82.9 Å². The number of methoxy groups -OCH3 is 1. The number of halogens is 1. The maximum atomic E-state index is 14.7. The van der Waals surface area contributed by atoms with Gasteiger partial charge in [0.15, 0.2) is 11.6 Å². The van der Waals surface area contributed by atoms with Crippen LogP contribution in [0.2, 0.25) is 0 Å². The highest BCUT2D eigenvalue weighted by atomic mass is 19.1. The lowest BCUT2D eigenvalue weighted by molar-refractivity contribution is -0.126. The predicted molar refractivity (Wildman–Crippen MR) is 156 cm³/mol. The highest BCUT2D eigenvalue weighted by molar-refractivity contribution is 5.88. The Morgan fingerprint density at radius 2 is 1.86 bits per heavy atom. The Hall–Kier alpha value is -5.33. The number of hydrogen-bond acceptors (Lipinski definition) is 10. The van der Waals surface area contributed by atoms with Crippen molar-refractivity contribution in [3.63, 3.8) is 0 Å². The molecule has 0 bridgehead atoms. The minimum atomic E-state index is -0.422. The number of anilines is 3. The molecule has 5 aromatic rings. The molecule has 0 saturated carbocycles. The maximum absolute atomic E-state index is 14.7. The fourth-order valence-corrected chi connectivity index (χ4v) is 4.92. The fraction of sp³-hybridized carbons (Fsp3) is 0.241. The number of hydrogen-bond donors (Lipinski definition) is 1. The van der Waals surface area contributed by atoms with Gasteiger partial charge in [-0.25, -0.2) is 29.3 Å². The van der Waals surface area contributed by atoms with Gasteiger partial charge in [-0.2, -0.15) is 0 Å². The lowest BCUT2D eigenvalue weighted by atomic mass is 10.1. The van der Waals surface area contributed by atoms with Gasteiger partial charge < -0.3 is 29.2 Å². The van der Waals surface area contributed by atoms with Crippen molar-refractivity contribution in [1.29, 1.82) is 0 Å².